The van der Waals surface area contributed by atoms with Crippen LogP contribution in [0.2, 0.25) is 0 Å². The second-order valence-electron chi connectivity index (χ2n) is 6.02. The zero-order chi connectivity index (χ0) is 17.9. The minimum absolute atomic E-state index is 0.0122. The zero-order valence-electron chi connectivity index (χ0n) is 14.6. The van der Waals surface area contributed by atoms with Crippen LogP contribution >= 0.6 is 11.8 Å². The van der Waals surface area contributed by atoms with Crippen LogP contribution in [0.5, 0.6) is 0 Å². The van der Waals surface area contributed by atoms with Crippen molar-refractivity contribution in [2.24, 2.45) is 0 Å². The summed E-state index contributed by atoms with van der Waals surface area (Å²) < 4.78 is 0. The van der Waals surface area contributed by atoms with Crippen LogP contribution in [0.3, 0.4) is 0 Å². The van der Waals surface area contributed by atoms with E-state index in [0.29, 0.717) is 6.42 Å². The topological polar surface area (TPSA) is 83.6 Å². The van der Waals surface area contributed by atoms with Crippen molar-refractivity contribution in [2.45, 2.75) is 64.0 Å². The molecule has 6 nitrogen and oxygen atoms in total. The summed E-state index contributed by atoms with van der Waals surface area (Å²) in [7, 11) is 0. The minimum Gasteiger partial charge on any atom is -0.356 e. The van der Waals surface area contributed by atoms with Crippen LogP contribution in [-0.4, -0.2) is 52.5 Å². The molecule has 0 radical (unpaired) electrons. The summed E-state index contributed by atoms with van der Waals surface area (Å²) >= 11 is 1.54. The number of unbranched alkanes of at least 4 members (excludes halogenated alkanes) is 3. The quantitative estimate of drug-likeness (QED) is 0.427. The van der Waals surface area contributed by atoms with Crippen molar-refractivity contribution in [1.82, 2.24) is 10.2 Å². The Morgan fingerprint density at radius 1 is 1.21 bits per heavy atom. The van der Waals surface area contributed by atoms with Gasteiger partial charge in [-0.3, -0.25) is 24.1 Å². The van der Waals surface area contributed by atoms with E-state index in [-0.39, 0.29) is 48.1 Å². The third-order valence-corrected chi connectivity index (χ3v) is 5.22. The van der Waals surface area contributed by atoms with Crippen LogP contribution < -0.4 is 5.32 Å². The van der Waals surface area contributed by atoms with Crippen molar-refractivity contribution in [3.05, 3.63) is 0 Å². The standard InChI is InChI=1S/C17H28N2O4S/c1-3-15(21)18-9-6-4-5-7-11-24-14-12-16(22)19(17(14)23)10-8-13(2)20/h14H,3-12H2,1-2H3,(H,18,21). The summed E-state index contributed by atoms with van der Waals surface area (Å²) in [6.07, 6.45) is 5.08. The average molecular weight is 356 g/mol. The van der Waals surface area contributed by atoms with Crippen molar-refractivity contribution < 1.29 is 19.2 Å². The Morgan fingerprint density at radius 2 is 1.92 bits per heavy atom. The Bertz CT molecular complexity index is 468. The molecular weight excluding hydrogens is 328 g/mol. The van der Waals surface area contributed by atoms with Gasteiger partial charge < -0.3 is 5.32 Å². The number of rotatable bonds is 12. The molecule has 136 valence electrons. The fraction of sp³-hybridized carbons (Fsp3) is 0.765. The number of carbonyl (C=O) groups is 4. The van der Waals surface area contributed by atoms with Gasteiger partial charge in [-0.1, -0.05) is 19.8 Å². The predicted octanol–water partition coefficient (Wildman–Crippen LogP) is 1.91. The third-order valence-electron chi connectivity index (χ3n) is 3.92. The van der Waals surface area contributed by atoms with E-state index >= 15 is 0 Å². The van der Waals surface area contributed by atoms with Gasteiger partial charge >= 0.3 is 0 Å². The van der Waals surface area contributed by atoms with Crippen LogP contribution in [0.15, 0.2) is 0 Å². The van der Waals surface area contributed by atoms with Gasteiger partial charge in [-0.15, -0.1) is 11.8 Å². The highest BCUT2D eigenvalue weighted by Crippen LogP contribution is 2.26. The van der Waals surface area contributed by atoms with Gasteiger partial charge in [0, 0.05) is 32.4 Å². The van der Waals surface area contributed by atoms with Gasteiger partial charge in [0.2, 0.25) is 17.7 Å². The minimum atomic E-state index is -0.284. The van der Waals surface area contributed by atoms with Gasteiger partial charge in [0.25, 0.3) is 0 Å². The first-order valence-corrected chi connectivity index (χ1v) is 9.72. The second-order valence-corrected chi connectivity index (χ2v) is 7.33. The van der Waals surface area contributed by atoms with E-state index < -0.39 is 0 Å². The maximum absolute atomic E-state index is 12.2. The SMILES string of the molecule is CCC(=O)NCCCCCCSC1CC(=O)N(CCC(C)=O)C1=O. The van der Waals surface area contributed by atoms with Gasteiger partial charge in [-0.25, -0.2) is 0 Å². The van der Waals surface area contributed by atoms with Crippen molar-refractivity contribution >= 4 is 35.3 Å². The Morgan fingerprint density at radius 3 is 2.58 bits per heavy atom. The predicted molar refractivity (Wildman–Crippen MR) is 94.6 cm³/mol. The fourth-order valence-electron chi connectivity index (χ4n) is 2.45. The van der Waals surface area contributed by atoms with Crippen LogP contribution in [0.1, 0.15) is 58.8 Å². The largest absolute Gasteiger partial charge is 0.356 e. The molecule has 0 spiro atoms. The molecule has 1 N–H and O–H groups in total. The van der Waals surface area contributed by atoms with Crippen molar-refractivity contribution in [1.29, 1.82) is 0 Å². The molecule has 1 aliphatic rings. The Balaban J connectivity index is 2.11. The number of carbonyl (C=O) groups excluding carboxylic acids is 4. The number of Topliss-reactive ketones (excluding diaryl/α,β-unsaturated/α-hetero) is 1. The number of hydrogen-bond donors (Lipinski definition) is 1. The summed E-state index contributed by atoms with van der Waals surface area (Å²) in [5.74, 6) is 0.621. The molecule has 0 aromatic rings. The van der Waals surface area contributed by atoms with E-state index in [1.165, 1.54) is 23.6 Å². The number of ketones is 1. The number of hydrogen-bond acceptors (Lipinski definition) is 5. The molecule has 0 bridgehead atoms. The highest BCUT2D eigenvalue weighted by atomic mass is 32.2. The number of likely N-dealkylation sites (tertiary alicyclic amines) is 1. The lowest BCUT2D eigenvalue weighted by atomic mass is 10.2. The molecule has 1 rings (SSSR count). The van der Waals surface area contributed by atoms with Crippen molar-refractivity contribution in [2.75, 3.05) is 18.8 Å². The van der Waals surface area contributed by atoms with Gasteiger partial charge in [0.05, 0.1) is 5.25 Å². The molecule has 1 aliphatic heterocycles. The maximum Gasteiger partial charge on any atom is 0.242 e. The lowest BCUT2D eigenvalue weighted by Crippen LogP contribution is -2.33. The molecule has 0 aromatic heterocycles. The third kappa shape index (κ3) is 7.47. The Labute approximate surface area is 148 Å². The lowest BCUT2D eigenvalue weighted by molar-refractivity contribution is -0.138. The normalized spacial score (nSPS) is 17.4. The van der Waals surface area contributed by atoms with Gasteiger partial charge in [-0.2, -0.15) is 0 Å². The first-order chi connectivity index (χ1) is 11.5. The molecule has 0 saturated carbocycles. The summed E-state index contributed by atoms with van der Waals surface area (Å²) in [6.45, 7) is 4.24. The highest BCUT2D eigenvalue weighted by Gasteiger charge is 2.38. The molecule has 24 heavy (non-hydrogen) atoms. The number of nitrogens with one attached hydrogen (secondary N) is 1. The summed E-state index contributed by atoms with van der Waals surface area (Å²) in [4.78, 5) is 47.3. The number of imide groups is 1. The molecule has 0 aromatic carbocycles. The summed E-state index contributed by atoms with van der Waals surface area (Å²) in [5.41, 5.74) is 0. The van der Waals surface area contributed by atoms with Crippen molar-refractivity contribution in [3.8, 4) is 0 Å². The van der Waals surface area contributed by atoms with E-state index in [1.54, 1.807) is 0 Å². The molecule has 1 unspecified atom stereocenters. The highest BCUT2D eigenvalue weighted by molar-refractivity contribution is 8.00. The number of nitrogens with zero attached hydrogens (tertiary/aromatic N) is 1. The first-order valence-electron chi connectivity index (χ1n) is 8.67. The number of amides is 3. The van der Waals surface area contributed by atoms with E-state index in [9.17, 15) is 19.2 Å². The maximum atomic E-state index is 12.2. The van der Waals surface area contributed by atoms with Crippen LogP contribution in [0, 0.1) is 0 Å². The molecule has 1 fully saturated rings. The summed E-state index contributed by atoms with van der Waals surface area (Å²) in [5, 5.41) is 2.56. The molecule has 3 amide bonds. The lowest BCUT2D eigenvalue weighted by Gasteiger charge is -2.13. The van der Waals surface area contributed by atoms with E-state index in [4.69, 9.17) is 0 Å². The molecule has 1 heterocycles. The molecule has 1 atom stereocenters. The summed E-state index contributed by atoms with van der Waals surface area (Å²) in [6, 6.07) is 0. The Hall–Kier alpha value is -1.37. The molecule has 0 aliphatic carbocycles. The van der Waals surface area contributed by atoms with Crippen LogP contribution in [-0.2, 0) is 19.2 Å². The van der Waals surface area contributed by atoms with Crippen LogP contribution in [0.25, 0.3) is 0 Å². The van der Waals surface area contributed by atoms with E-state index in [1.807, 2.05) is 6.92 Å². The monoisotopic (exact) mass is 356 g/mol. The fourth-order valence-corrected chi connectivity index (χ4v) is 3.63. The van der Waals surface area contributed by atoms with E-state index in [2.05, 4.69) is 5.32 Å². The second kappa shape index (κ2) is 11.2. The number of thioether (sulfide) groups is 1. The van der Waals surface area contributed by atoms with Gasteiger partial charge in [0.1, 0.15) is 5.78 Å². The van der Waals surface area contributed by atoms with Crippen LogP contribution in [0.4, 0.5) is 0 Å². The molecule has 7 heteroatoms. The van der Waals surface area contributed by atoms with E-state index in [0.717, 1.165) is 38.0 Å². The smallest absolute Gasteiger partial charge is 0.242 e. The van der Waals surface area contributed by atoms with Gasteiger partial charge in [0.15, 0.2) is 0 Å². The first kappa shape index (κ1) is 20.7. The average Bonchev–Trinajstić information content (AvgIpc) is 2.81. The van der Waals surface area contributed by atoms with Crippen molar-refractivity contribution in [3.63, 3.8) is 0 Å². The van der Waals surface area contributed by atoms with Gasteiger partial charge in [-0.05, 0) is 25.5 Å². The Kier molecular flexibility index (Phi) is 9.67. The molecular formula is C17H28N2O4S. The molecule has 1 saturated heterocycles. The zero-order valence-corrected chi connectivity index (χ0v) is 15.5.